The van der Waals surface area contributed by atoms with Crippen LogP contribution in [0.2, 0.25) is 0 Å². The van der Waals surface area contributed by atoms with Gasteiger partial charge in [0.25, 0.3) is 0 Å². The van der Waals surface area contributed by atoms with Gasteiger partial charge in [0, 0.05) is 32.0 Å². The van der Waals surface area contributed by atoms with Gasteiger partial charge in [0.2, 0.25) is 11.8 Å². The topological polar surface area (TPSA) is 77.9 Å². The van der Waals surface area contributed by atoms with E-state index in [4.69, 9.17) is 5.11 Å². The number of rotatable bonds is 4. The number of carbonyl (C=O) groups is 3. The fraction of sp³-hybridized carbons (Fsp3) is 0.857. The maximum atomic E-state index is 13.4. The SMILES string of the molecule is CC(=O)N(CC(=O)O)C1CCCN(C(=O)C2C3CC4CC(C3)CC2C4)CC1. The highest BCUT2D eigenvalue weighted by Gasteiger charge is 2.51. The van der Waals surface area contributed by atoms with Gasteiger partial charge in [0.1, 0.15) is 6.54 Å². The van der Waals surface area contributed by atoms with Gasteiger partial charge in [0.05, 0.1) is 0 Å². The molecule has 5 aliphatic rings. The molecule has 1 N–H and O–H groups in total. The van der Waals surface area contributed by atoms with Crippen molar-refractivity contribution < 1.29 is 19.5 Å². The van der Waals surface area contributed by atoms with Crippen LogP contribution in [-0.4, -0.2) is 58.4 Å². The van der Waals surface area contributed by atoms with Crippen LogP contribution in [0.15, 0.2) is 0 Å². The summed E-state index contributed by atoms with van der Waals surface area (Å²) in [6.07, 6.45) is 8.68. The zero-order valence-corrected chi connectivity index (χ0v) is 16.3. The van der Waals surface area contributed by atoms with Crippen LogP contribution in [0.5, 0.6) is 0 Å². The number of carboxylic acids is 1. The molecule has 27 heavy (non-hydrogen) atoms. The number of nitrogens with zero attached hydrogens (tertiary/aromatic N) is 2. The molecule has 1 atom stereocenters. The van der Waals surface area contributed by atoms with Crippen LogP contribution in [0.4, 0.5) is 0 Å². The predicted molar refractivity (Wildman–Crippen MR) is 99.8 cm³/mol. The molecule has 1 unspecified atom stereocenters. The van der Waals surface area contributed by atoms with Crippen molar-refractivity contribution in [2.75, 3.05) is 19.6 Å². The Morgan fingerprint density at radius 2 is 1.59 bits per heavy atom. The summed E-state index contributed by atoms with van der Waals surface area (Å²) in [7, 11) is 0. The van der Waals surface area contributed by atoms with Crippen molar-refractivity contribution in [2.24, 2.45) is 29.6 Å². The number of amides is 2. The predicted octanol–water partition coefficient (Wildman–Crippen LogP) is 2.37. The summed E-state index contributed by atoms with van der Waals surface area (Å²) < 4.78 is 0. The molecule has 1 heterocycles. The largest absolute Gasteiger partial charge is 0.480 e. The Bertz CT molecular complexity index is 591. The monoisotopic (exact) mass is 376 g/mol. The summed E-state index contributed by atoms with van der Waals surface area (Å²) in [6, 6.07) is -0.0742. The molecule has 1 aliphatic heterocycles. The van der Waals surface area contributed by atoms with Crippen molar-refractivity contribution >= 4 is 17.8 Å². The van der Waals surface area contributed by atoms with Crippen molar-refractivity contribution in [3.05, 3.63) is 0 Å². The van der Waals surface area contributed by atoms with Gasteiger partial charge in [-0.2, -0.15) is 0 Å². The van der Waals surface area contributed by atoms with Crippen molar-refractivity contribution in [1.82, 2.24) is 9.80 Å². The van der Waals surface area contributed by atoms with Crippen LogP contribution in [0.3, 0.4) is 0 Å². The third-order valence-corrected chi connectivity index (χ3v) is 7.67. The molecule has 2 amide bonds. The summed E-state index contributed by atoms with van der Waals surface area (Å²) in [5, 5.41) is 9.10. The zero-order chi connectivity index (χ0) is 19.1. The van der Waals surface area contributed by atoms with E-state index in [1.807, 2.05) is 4.90 Å². The van der Waals surface area contributed by atoms with Crippen LogP contribution < -0.4 is 0 Å². The van der Waals surface area contributed by atoms with Gasteiger partial charge in [-0.3, -0.25) is 14.4 Å². The Kier molecular flexibility index (Phi) is 5.17. The minimum Gasteiger partial charge on any atom is -0.480 e. The maximum Gasteiger partial charge on any atom is 0.323 e. The number of carbonyl (C=O) groups excluding carboxylic acids is 2. The van der Waals surface area contributed by atoms with E-state index in [9.17, 15) is 14.4 Å². The summed E-state index contributed by atoms with van der Waals surface area (Å²) in [4.78, 5) is 39.9. The lowest BCUT2D eigenvalue weighted by Crippen LogP contribution is -2.52. The maximum absolute atomic E-state index is 13.4. The summed E-state index contributed by atoms with van der Waals surface area (Å²) in [5.41, 5.74) is 0. The molecule has 5 rings (SSSR count). The van der Waals surface area contributed by atoms with Gasteiger partial charge in [0.15, 0.2) is 0 Å². The fourth-order valence-corrected chi connectivity index (χ4v) is 6.79. The lowest BCUT2D eigenvalue weighted by Gasteiger charge is -2.54. The number of aliphatic carboxylic acids is 1. The smallest absolute Gasteiger partial charge is 0.323 e. The molecule has 5 fully saturated rings. The number of carboxylic acid groups (broad SMARTS) is 1. The van der Waals surface area contributed by atoms with Crippen LogP contribution in [0.1, 0.15) is 58.3 Å². The Labute approximate surface area is 161 Å². The Morgan fingerprint density at radius 1 is 0.963 bits per heavy atom. The van der Waals surface area contributed by atoms with Gasteiger partial charge in [-0.25, -0.2) is 0 Å². The average molecular weight is 376 g/mol. The zero-order valence-electron chi connectivity index (χ0n) is 16.3. The third kappa shape index (κ3) is 3.72. The molecule has 0 spiro atoms. The first kappa shape index (κ1) is 18.8. The van der Waals surface area contributed by atoms with Crippen molar-refractivity contribution in [2.45, 2.75) is 64.3 Å². The van der Waals surface area contributed by atoms with E-state index in [-0.39, 0.29) is 24.4 Å². The van der Waals surface area contributed by atoms with Crippen molar-refractivity contribution in [3.63, 3.8) is 0 Å². The number of likely N-dealkylation sites (tertiary alicyclic amines) is 1. The lowest BCUT2D eigenvalue weighted by molar-refractivity contribution is -0.149. The first-order valence-electron chi connectivity index (χ1n) is 10.7. The molecule has 6 nitrogen and oxygen atoms in total. The van der Waals surface area contributed by atoms with E-state index in [0.29, 0.717) is 30.7 Å². The van der Waals surface area contributed by atoms with Crippen molar-refractivity contribution in [3.8, 4) is 0 Å². The molecule has 4 aliphatic carbocycles. The minimum atomic E-state index is -0.976. The third-order valence-electron chi connectivity index (χ3n) is 7.67. The molecule has 1 saturated heterocycles. The Hall–Kier alpha value is -1.59. The highest BCUT2D eigenvalue weighted by molar-refractivity contribution is 5.81. The minimum absolute atomic E-state index is 0.0742. The van der Waals surface area contributed by atoms with Crippen LogP contribution in [0, 0.1) is 29.6 Å². The van der Waals surface area contributed by atoms with E-state index in [2.05, 4.69) is 0 Å². The summed E-state index contributed by atoms with van der Waals surface area (Å²) in [5.74, 6) is 2.31. The van der Waals surface area contributed by atoms with Crippen molar-refractivity contribution in [1.29, 1.82) is 0 Å². The van der Waals surface area contributed by atoms with E-state index in [0.717, 1.165) is 31.2 Å². The van der Waals surface area contributed by atoms with Crippen LogP contribution >= 0.6 is 0 Å². The summed E-state index contributed by atoms with van der Waals surface area (Å²) in [6.45, 7) is 2.58. The van der Waals surface area contributed by atoms with E-state index < -0.39 is 5.97 Å². The molecular weight excluding hydrogens is 344 g/mol. The Balaban J connectivity index is 1.40. The van der Waals surface area contributed by atoms with Crippen LogP contribution in [0.25, 0.3) is 0 Å². The second-order valence-corrected chi connectivity index (χ2v) is 9.41. The molecule has 6 heteroatoms. The second kappa shape index (κ2) is 7.44. The summed E-state index contributed by atoms with van der Waals surface area (Å²) >= 11 is 0. The average Bonchev–Trinajstić information content (AvgIpc) is 2.84. The van der Waals surface area contributed by atoms with E-state index >= 15 is 0 Å². The molecule has 0 radical (unpaired) electrons. The van der Waals surface area contributed by atoms with Gasteiger partial charge < -0.3 is 14.9 Å². The molecule has 0 aromatic heterocycles. The molecular formula is C21H32N2O4. The molecule has 0 aromatic rings. The molecule has 150 valence electrons. The number of hydrogen-bond donors (Lipinski definition) is 1. The first-order valence-corrected chi connectivity index (χ1v) is 10.7. The van der Waals surface area contributed by atoms with Gasteiger partial charge in [-0.1, -0.05) is 0 Å². The molecule has 4 saturated carbocycles. The standard InChI is InChI=1S/C21H32N2O4/c1-13(24)23(12-19(25)26)18-3-2-5-22(6-4-18)21(27)20-16-8-14-7-15(10-16)11-17(20)9-14/h14-18,20H,2-12H2,1H3,(H,25,26). The Morgan fingerprint density at radius 3 is 2.15 bits per heavy atom. The highest BCUT2D eigenvalue weighted by atomic mass is 16.4. The van der Waals surface area contributed by atoms with Gasteiger partial charge in [-0.15, -0.1) is 0 Å². The van der Waals surface area contributed by atoms with Gasteiger partial charge in [-0.05, 0) is 75.0 Å². The number of hydrogen-bond acceptors (Lipinski definition) is 3. The van der Waals surface area contributed by atoms with E-state index in [1.165, 1.54) is 43.9 Å². The molecule has 0 aromatic carbocycles. The fourth-order valence-electron chi connectivity index (χ4n) is 6.79. The van der Waals surface area contributed by atoms with E-state index in [1.54, 1.807) is 0 Å². The van der Waals surface area contributed by atoms with Crippen LogP contribution in [-0.2, 0) is 14.4 Å². The normalized spacial score (nSPS) is 37.7. The second-order valence-electron chi connectivity index (χ2n) is 9.41. The quantitative estimate of drug-likeness (QED) is 0.817. The highest BCUT2D eigenvalue weighted by Crippen LogP contribution is 2.56. The molecule has 4 bridgehead atoms. The lowest BCUT2D eigenvalue weighted by atomic mass is 9.51. The van der Waals surface area contributed by atoms with Gasteiger partial charge >= 0.3 is 5.97 Å². The first-order chi connectivity index (χ1) is 12.9.